The van der Waals surface area contributed by atoms with Crippen LogP contribution in [0.15, 0.2) is 0 Å². The predicted octanol–water partition coefficient (Wildman–Crippen LogP) is 8.12. The van der Waals surface area contributed by atoms with Gasteiger partial charge in [0, 0.05) is 12.0 Å². The van der Waals surface area contributed by atoms with E-state index >= 15 is 0 Å². The summed E-state index contributed by atoms with van der Waals surface area (Å²) >= 11 is 6.68. The zero-order chi connectivity index (χ0) is 23.3. The molecule has 0 aromatic heterocycles. The summed E-state index contributed by atoms with van der Waals surface area (Å²) in [5.74, 6) is 4.70. The quantitative estimate of drug-likeness (QED) is 0.292. The molecule has 1 aliphatic heterocycles. The van der Waals surface area contributed by atoms with E-state index in [0.29, 0.717) is 10.8 Å². The molecule has 5 rings (SSSR count). The summed E-state index contributed by atoms with van der Waals surface area (Å²) < 4.78 is 0. The van der Waals surface area contributed by atoms with Crippen LogP contribution < -0.4 is 5.32 Å². The van der Waals surface area contributed by atoms with Crippen molar-refractivity contribution in [2.75, 3.05) is 6.54 Å². The molecule has 3 heteroatoms. The Morgan fingerprint density at radius 1 is 0.879 bits per heavy atom. The number of hydrogen-bond donors (Lipinski definition) is 1. The van der Waals surface area contributed by atoms with Gasteiger partial charge in [-0.1, -0.05) is 59.3 Å². The summed E-state index contributed by atoms with van der Waals surface area (Å²) in [5, 5.41) is 2.80. The number of amides is 1. The Hall–Kier alpha value is -0.240. The Bertz CT molecular complexity index is 724. The Kier molecular flexibility index (Phi) is 6.91. The lowest BCUT2D eigenvalue weighted by atomic mass is 9.43. The maximum absolute atomic E-state index is 12.2. The molecule has 33 heavy (non-hydrogen) atoms. The summed E-state index contributed by atoms with van der Waals surface area (Å²) in [5.41, 5.74) is 1.14. The fourth-order valence-corrected chi connectivity index (χ4v) is 10.6. The molecule has 188 valence electrons. The topological polar surface area (TPSA) is 29.1 Å². The van der Waals surface area contributed by atoms with Gasteiger partial charge in [0.15, 0.2) is 0 Å². The molecule has 5 fully saturated rings. The number of carbonyl (C=O) groups excluding carboxylic acids is 1. The smallest absolute Gasteiger partial charge is 0.238 e. The lowest BCUT2D eigenvalue weighted by molar-refractivity contribution is -0.131. The summed E-state index contributed by atoms with van der Waals surface area (Å²) in [6, 6.07) is 0. The van der Waals surface area contributed by atoms with Gasteiger partial charge in [-0.25, -0.2) is 0 Å². The van der Waals surface area contributed by atoms with Crippen LogP contribution in [0.5, 0.6) is 0 Å². The molecule has 0 aromatic rings. The maximum Gasteiger partial charge on any atom is 0.238 e. The minimum absolute atomic E-state index is 0.0361. The molecule has 1 heterocycles. The maximum atomic E-state index is 12.2. The van der Waals surface area contributed by atoms with Crippen LogP contribution in [-0.2, 0) is 4.79 Å². The normalized spacial score (nSPS) is 48.9. The first kappa shape index (κ1) is 24.5. The van der Waals surface area contributed by atoms with Crippen molar-refractivity contribution in [2.24, 2.45) is 45.8 Å². The van der Waals surface area contributed by atoms with E-state index in [-0.39, 0.29) is 16.7 Å². The summed E-state index contributed by atoms with van der Waals surface area (Å²) in [6.07, 6.45) is 22.5. The Labute approximate surface area is 208 Å². The van der Waals surface area contributed by atoms with Gasteiger partial charge in [-0.05, 0) is 105 Å². The number of fused-ring (bicyclic) bond motifs is 5. The van der Waals surface area contributed by atoms with Crippen LogP contribution in [-0.4, -0.2) is 17.8 Å². The van der Waals surface area contributed by atoms with Gasteiger partial charge in [0.1, 0.15) is 5.38 Å². The molecule has 0 radical (unpaired) electrons. The van der Waals surface area contributed by atoms with Crippen molar-refractivity contribution in [2.45, 2.75) is 129 Å². The lowest BCUT2D eigenvalue weighted by Gasteiger charge is -2.62. The third-order valence-electron chi connectivity index (χ3n) is 12.4. The molecule has 2 nitrogen and oxygen atoms in total. The largest absolute Gasteiger partial charge is 0.354 e. The number of unbranched alkanes of at least 4 members (excludes halogenated alkanes) is 5. The van der Waals surface area contributed by atoms with E-state index in [2.05, 4.69) is 26.1 Å². The molecule has 4 saturated carbocycles. The number of alkyl halides is 1. The average molecular weight is 476 g/mol. The minimum Gasteiger partial charge on any atom is -0.354 e. The highest BCUT2D eigenvalue weighted by Gasteiger charge is 2.62. The molecule has 0 aromatic carbocycles. The summed E-state index contributed by atoms with van der Waals surface area (Å²) in [7, 11) is 0. The second kappa shape index (κ2) is 9.33. The molecule has 1 amide bonds. The summed E-state index contributed by atoms with van der Waals surface area (Å²) in [6.45, 7) is 8.50. The molecule has 5 aliphatic rings. The van der Waals surface area contributed by atoms with Crippen molar-refractivity contribution in [1.82, 2.24) is 5.32 Å². The lowest BCUT2D eigenvalue weighted by Crippen LogP contribution is -2.55. The molecular formula is C30H50ClNO. The molecular weight excluding hydrogens is 426 g/mol. The fourth-order valence-electron chi connectivity index (χ4n) is 10.2. The Morgan fingerprint density at radius 2 is 1.64 bits per heavy atom. The standard InChI is InChI=1S/C30H50ClNO/c1-4-5-6-7-8-9-10-21-12-14-24-23-13-11-22-19-30(20-32-27(33)26(30)31)18-17-29(22,3)25(23)15-16-28(21,24)2/h21-26H,4-20H2,1-3H3,(H,32,33)/t21?,22?,23?,24?,25?,26?,28-,29+,30-/m1/s1. The zero-order valence-corrected chi connectivity index (χ0v) is 22.5. The van der Waals surface area contributed by atoms with Gasteiger partial charge in [0.25, 0.3) is 0 Å². The van der Waals surface area contributed by atoms with Gasteiger partial charge in [0.05, 0.1) is 0 Å². The van der Waals surface area contributed by atoms with Crippen LogP contribution in [0.1, 0.15) is 124 Å². The molecule has 0 bridgehead atoms. The van der Waals surface area contributed by atoms with E-state index in [1.807, 2.05) is 0 Å². The van der Waals surface area contributed by atoms with Gasteiger partial charge in [0.2, 0.25) is 5.91 Å². The first-order chi connectivity index (χ1) is 15.8. The molecule has 1 saturated heterocycles. The fraction of sp³-hybridized carbons (Fsp3) is 0.967. The number of nitrogens with one attached hydrogen (secondary N) is 1. The minimum atomic E-state index is -0.299. The van der Waals surface area contributed by atoms with Crippen LogP contribution in [0.2, 0.25) is 0 Å². The highest BCUT2D eigenvalue weighted by molar-refractivity contribution is 6.32. The highest BCUT2D eigenvalue weighted by Crippen LogP contribution is 2.69. The monoisotopic (exact) mass is 475 g/mol. The Morgan fingerprint density at radius 3 is 2.39 bits per heavy atom. The molecule has 4 aliphatic carbocycles. The Balaban J connectivity index is 1.23. The summed E-state index contributed by atoms with van der Waals surface area (Å²) in [4.78, 5) is 12.2. The van der Waals surface area contributed by atoms with Crippen molar-refractivity contribution in [3.63, 3.8) is 0 Å². The van der Waals surface area contributed by atoms with Crippen molar-refractivity contribution in [3.05, 3.63) is 0 Å². The number of rotatable bonds is 7. The second-order valence-corrected chi connectivity index (χ2v) is 14.1. The number of hydrogen-bond acceptors (Lipinski definition) is 1. The van der Waals surface area contributed by atoms with Crippen LogP contribution in [0.25, 0.3) is 0 Å². The highest BCUT2D eigenvalue weighted by atomic mass is 35.5. The van der Waals surface area contributed by atoms with Crippen LogP contribution >= 0.6 is 11.6 Å². The van der Waals surface area contributed by atoms with Crippen LogP contribution in [0.3, 0.4) is 0 Å². The van der Waals surface area contributed by atoms with Crippen LogP contribution in [0.4, 0.5) is 0 Å². The van der Waals surface area contributed by atoms with Gasteiger partial charge < -0.3 is 5.32 Å². The molecule has 6 unspecified atom stereocenters. The third kappa shape index (κ3) is 4.01. The van der Waals surface area contributed by atoms with Gasteiger partial charge in [-0.2, -0.15) is 0 Å². The first-order valence-electron chi connectivity index (χ1n) is 14.8. The van der Waals surface area contributed by atoms with E-state index in [1.165, 1.54) is 96.3 Å². The van der Waals surface area contributed by atoms with E-state index in [4.69, 9.17) is 11.6 Å². The van der Waals surface area contributed by atoms with Crippen LogP contribution in [0, 0.1) is 45.8 Å². The zero-order valence-electron chi connectivity index (χ0n) is 21.8. The van der Waals surface area contributed by atoms with E-state index in [1.54, 1.807) is 0 Å². The van der Waals surface area contributed by atoms with E-state index in [9.17, 15) is 4.79 Å². The number of halogens is 1. The second-order valence-electron chi connectivity index (χ2n) is 13.7. The molecule has 1 N–H and O–H groups in total. The average Bonchev–Trinajstić information content (AvgIpc) is 3.28. The molecule has 9 atom stereocenters. The van der Waals surface area contributed by atoms with Crippen molar-refractivity contribution in [1.29, 1.82) is 0 Å². The first-order valence-corrected chi connectivity index (χ1v) is 15.2. The number of carbonyl (C=O) groups is 1. The van der Waals surface area contributed by atoms with Crippen molar-refractivity contribution in [3.8, 4) is 0 Å². The van der Waals surface area contributed by atoms with Gasteiger partial charge in [-0.15, -0.1) is 11.6 Å². The SMILES string of the molecule is CCCCCCCCC1CCC2C3CCC4C[C@]5(CC[C@]4(C)C3CC[C@]12C)CNC(=O)C5Cl. The third-order valence-corrected chi connectivity index (χ3v) is 13.0. The van der Waals surface area contributed by atoms with E-state index < -0.39 is 0 Å². The molecule has 1 spiro atoms. The van der Waals surface area contributed by atoms with Crippen molar-refractivity contribution < 1.29 is 4.79 Å². The van der Waals surface area contributed by atoms with Gasteiger partial charge >= 0.3 is 0 Å². The van der Waals surface area contributed by atoms with Gasteiger partial charge in [-0.3, -0.25) is 4.79 Å². The van der Waals surface area contributed by atoms with Crippen molar-refractivity contribution >= 4 is 17.5 Å². The predicted molar refractivity (Wildman–Crippen MR) is 138 cm³/mol. The van der Waals surface area contributed by atoms with E-state index in [0.717, 1.165) is 42.6 Å².